The quantitative estimate of drug-likeness (QED) is 0.521. The fourth-order valence-electron chi connectivity index (χ4n) is 3.82. The summed E-state index contributed by atoms with van der Waals surface area (Å²) in [6, 6.07) is 3.91. The molecule has 2 aliphatic heterocycles. The number of anilines is 1. The summed E-state index contributed by atoms with van der Waals surface area (Å²) in [6.45, 7) is 2.36. The van der Waals surface area contributed by atoms with Gasteiger partial charge < -0.3 is 15.0 Å². The van der Waals surface area contributed by atoms with Crippen molar-refractivity contribution in [1.29, 1.82) is 0 Å². The van der Waals surface area contributed by atoms with E-state index in [1.54, 1.807) is 18.2 Å². The van der Waals surface area contributed by atoms with Gasteiger partial charge in [0.15, 0.2) is 0 Å². The van der Waals surface area contributed by atoms with E-state index in [9.17, 15) is 31.1 Å². The number of nitrogens with one attached hydrogen (secondary N) is 1. The molecule has 1 unspecified atom stereocenters. The van der Waals surface area contributed by atoms with E-state index in [4.69, 9.17) is 11.6 Å². The Balaban J connectivity index is 1.79. The summed E-state index contributed by atoms with van der Waals surface area (Å²) in [6.07, 6.45) is -13.7. The molecule has 2 heterocycles. The molecule has 2 fully saturated rings. The number of hydrogen-bond acceptors (Lipinski definition) is 5. The third kappa shape index (κ3) is 5.95. The van der Waals surface area contributed by atoms with Crippen molar-refractivity contribution in [2.24, 2.45) is 0 Å². The minimum Gasteiger partial charge on any atom is -0.442 e. The molecule has 0 saturated carbocycles. The zero-order valence-corrected chi connectivity index (χ0v) is 17.2. The molecule has 1 N–H and O–H groups in total. The lowest BCUT2D eigenvalue weighted by Gasteiger charge is -2.36. The third-order valence-corrected chi connectivity index (χ3v) is 5.56. The zero-order chi connectivity index (χ0) is 22.8. The Morgan fingerprint density at radius 1 is 1.13 bits per heavy atom. The van der Waals surface area contributed by atoms with Crippen molar-refractivity contribution in [1.82, 2.24) is 10.2 Å². The van der Waals surface area contributed by atoms with Gasteiger partial charge in [0.05, 0.1) is 0 Å². The normalized spacial score (nSPS) is 21.0. The Morgan fingerprint density at radius 3 is 2.39 bits per heavy atom. The second-order valence-corrected chi connectivity index (χ2v) is 7.99. The molecular weight excluding hydrogens is 452 g/mol. The van der Waals surface area contributed by atoms with Gasteiger partial charge in [-0.3, -0.25) is 9.69 Å². The molecule has 1 atom stereocenters. The van der Waals surface area contributed by atoms with Gasteiger partial charge in [-0.15, -0.1) is 0 Å². The van der Waals surface area contributed by atoms with Crippen LogP contribution in [0.15, 0.2) is 18.2 Å². The number of benzene rings is 1. The second kappa shape index (κ2) is 9.41. The molecule has 31 heavy (non-hydrogen) atoms. The zero-order valence-electron chi connectivity index (χ0n) is 16.4. The van der Waals surface area contributed by atoms with E-state index < -0.39 is 30.5 Å². The summed E-state index contributed by atoms with van der Waals surface area (Å²) in [5.41, 5.74) is 1.63. The molecule has 0 amide bonds. The van der Waals surface area contributed by atoms with Crippen LogP contribution in [0.25, 0.3) is 0 Å². The van der Waals surface area contributed by atoms with Crippen LogP contribution in [-0.4, -0.2) is 68.1 Å². The van der Waals surface area contributed by atoms with Crippen molar-refractivity contribution in [3.63, 3.8) is 0 Å². The summed E-state index contributed by atoms with van der Waals surface area (Å²) in [5, 5.41) is 3.34. The minimum absolute atomic E-state index is 0.117. The molecule has 174 valence electrons. The van der Waals surface area contributed by atoms with E-state index in [1.165, 1.54) is 4.90 Å². The number of carbonyl (C=O) groups excluding carboxylic acids is 1. The number of ether oxygens (including phenoxy) is 1. The minimum atomic E-state index is -5.75. The van der Waals surface area contributed by atoms with E-state index in [-0.39, 0.29) is 19.6 Å². The summed E-state index contributed by atoms with van der Waals surface area (Å²) in [7, 11) is 0. The largest absolute Gasteiger partial charge is 0.442 e. The van der Waals surface area contributed by atoms with E-state index in [2.05, 4.69) is 15.0 Å². The highest BCUT2D eigenvalue weighted by Crippen LogP contribution is 2.36. The van der Waals surface area contributed by atoms with E-state index in [0.29, 0.717) is 11.6 Å². The number of alkyl halides is 6. The molecule has 0 radical (unpaired) electrons. The number of carbonyl (C=O) groups is 1. The van der Waals surface area contributed by atoms with Gasteiger partial charge in [-0.25, -0.2) is 0 Å². The predicted octanol–water partition coefficient (Wildman–Crippen LogP) is 3.75. The molecule has 0 spiro atoms. The van der Waals surface area contributed by atoms with Crippen LogP contribution in [0.3, 0.4) is 0 Å². The van der Waals surface area contributed by atoms with Crippen molar-refractivity contribution >= 4 is 23.3 Å². The average Bonchev–Trinajstić information content (AvgIpc) is 3.20. The van der Waals surface area contributed by atoms with E-state index >= 15 is 0 Å². The fourth-order valence-corrected chi connectivity index (χ4v) is 3.99. The van der Waals surface area contributed by atoms with Crippen molar-refractivity contribution in [2.75, 3.05) is 37.6 Å². The van der Waals surface area contributed by atoms with E-state index in [0.717, 1.165) is 37.2 Å². The molecule has 2 saturated heterocycles. The van der Waals surface area contributed by atoms with Gasteiger partial charge in [0.1, 0.15) is 6.04 Å². The van der Waals surface area contributed by atoms with Gasteiger partial charge in [0, 0.05) is 50.0 Å². The number of rotatable bonds is 5. The first kappa shape index (κ1) is 23.9. The molecule has 0 bridgehead atoms. The van der Waals surface area contributed by atoms with Gasteiger partial charge in [-0.1, -0.05) is 17.7 Å². The lowest BCUT2D eigenvalue weighted by molar-refractivity contribution is -0.314. The molecule has 0 aromatic heterocycles. The van der Waals surface area contributed by atoms with Crippen LogP contribution in [0.2, 0.25) is 5.02 Å². The first-order chi connectivity index (χ1) is 14.5. The van der Waals surface area contributed by atoms with Crippen LogP contribution in [-0.2, 0) is 16.1 Å². The van der Waals surface area contributed by atoms with Gasteiger partial charge in [0.2, 0.25) is 0 Å². The molecule has 0 aliphatic carbocycles. The van der Waals surface area contributed by atoms with Crippen LogP contribution < -0.4 is 10.2 Å². The number of nitrogens with zero attached hydrogens (tertiary/aromatic N) is 2. The average molecular weight is 474 g/mol. The first-order valence-corrected chi connectivity index (χ1v) is 10.2. The Bertz CT molecular complexity index is 769. The van der Waals surface area contributed by atoms with Crippen molar-refractivity contribution < 1.29 is 35.9 Å². The Labute approximate surface area is 180 Å². The summed E-state index contributed by atoms with van der Waals surface area (Å²) < 4.78 is 80.8. The van der Waals surface area contributed by atoms with Gasteiger partial charge in [-0.05, 0) is 30.5 Å². The maximum absolute atomic E-state index is 12.8. The van der Waals surface area contributed by atoms with Crippen LogP contribution in [0, 0.1) is 0 Å². The fraction of sp³-hybridized carbons (Fsp3) is 0.632. The first-order valence-electron chi connectivity index (χ1n) is 9.79. The van der Waals surface area contributed by atoms with Crippen LogP contribution >= 0.6 is 11.6 Å². The Kier molecular flexibility index (Phi) is 7.27. The van der Waals surface area contributed by atoms with Gasteiger partial charge >= 0.3 is 18.3 Å². The lowest BCUT2D eigenvalue weighted by atomic mass is 10.1. The number of hydrogen-bond donors (Lipinski definition) is 1. The van der Waals surface area contributed by atoms with Crippen molar-refractivity contribution in [3.05, 3.63) is 28.8 Å². The standard InChI is InChI=1S/C19H22ClF6N3O2/c20-13-4-3-12(14(9-13)28-6-1-2-7-28)11-29-8-5-27-10-15(29)16(30)31-17(18(21,22)23)19(24,25)26/h3-4,9,15,17,27H,1-2,5-8,10-11H2. The molecular formula is C19H22ClF6N3O2. The molecule has 1 aromatic carbocycles. The predicted molar refractivity (Wildman–Crippen MR) is 102 cm³/mol. The number of piperazine rings is 1. The number of halogens is 7. The molecule has 12 heteroatoms. The Morgan fingerprint density at radius 2 is 1.77 bits per heavy atom. The Hall–Kier alpha value is -1.72. The summed E-state index contributed by atoms with van der Waals surface area (Å²) in [5.74, 6) is -1.57. The van der Waals surface area contributed by atoms with Crippen LogP contribution in [0.4, 0.5) is 32.0 Å². The van der Waals surface area contributed by atoms with Crippen molar-refractivity contribution in [2.45, 2.75) is 43.9 Å². The second-order valence-electron chi connectivity index (χ2n) is 7.56. The number of esters is 1. The molecule has 5 nitrogen and oxygen atoms in total. The SMILES string of the molecule is O=C(OC(C(F)(F)F)C(F)(F)F)C1CNCCN1Cc1ccc(Cl)cc1N1CCCC1. The van der Waals surface area contributed by atoms with E-state index in [1.807, 2.05) is 0 Å². The van der Waals surface area contributed by atoms with Gasteiger partial charge in [0.25, 0.3) is 6.10 Å². The smallest absolute Gasteiger partial charge is 0.434 e. The van der Waals surface area contributed by atoms with Crippen LogP contribution in [0.5, 0.6) is 0 Å². The topological polar surface area (TPSA) is 44.8 Å². The summed E-state index contributed by atoms with van der Waals surface area (Å²) >= 11 is 6.12. The molecule has 1 aromatic rings. The lowest BCUT2D eigenvalue weighted by Crippen LogP contribution is -2.57. The maximum atomic E-state index is 12.8. The third-order valence-electron chi connectivity index (χ3n) is 5.32. The maximum Gasteiger partial charge on any atom is 0.434 e. The summed E-state index contributed by atoms with van der Waals surface area (Å²) in [4.78, 5) is 16.0. The highest BCUT2D eigenvalue weighted by atomic mass is 35.5. The molecule has 3 rings (SSSR count). The molecule has 2 aliphatic rings. The monoisotopic (exact) mass is 473 g/mol. The van der Waals surface area contributed by atoms with Crippen LogP contribution in [0.1, 0.15) is 18.4 Å². The van der Waals surface area contributed by atoms with Gasteiger partial charge in [-0.2, -0.15) is 26.3 Å². The highest BCUT2D eigenvalue weighted by Gasteiger charge is 2.60. The van der Waals surface area contributed by atoms with Crippen molar-refractivity contribution in [3.8, 4) is 0 Å². The highest BCUT2D eigenvalue weighted by molar-refractivity contribution is 6.30.